The van der Waals surface area contributed by atoms with E-state index in [-0.39, 0.29) is 24.0 Å². The molecule has 0 aliphatic carbocycles. The number of aromatic nitrogens is 1. The quantitative estimate of drug-likeness (QED) is 0.340. The predicted octanol–water partition coefficient (Wildman–Crippen LogP) is 5.55. The summed E-state index contributed by atoms with van der Waals surface area (Å²) in [6, 6.07) is 15.6. The number of hydrogen-bond acceptors (Lipinski definition) is 6. The molecule has 9 nitrogen and oxygen atoms in total. The number of halogens is 1. The zero-order chi connectivity index (χ0) is 31.7. The van der Waals surface area contributed by atoms with Gasteiger partial charge in [0.15, 0.2) is 0 Å². The summed E-state index contributed by atoms with van der Waals surface area (Å²) in [7, 11) is 0. The number of ether oxygens (including phenoxy) is 1. The second-order valence-electron chi connectivity index (χ2n) is 12.8. The summed E-state index contributed by atoms with van der Waals surface area (Å²) in [6.45, 7) is 11.4. The van der Waals surface area contributed by atoms with Crippen LogP contribution in [0.3, 0.4) is 0 Å². The Morgan fingerprint density at radius 2 is 1.67 bits per heavy atom. The standard InChI is InChI=1S/C35H42ClN5O4/c1-23-9-10-29(18-32(23)36)41(35(44)45-30-11-15-39(16-12-30)25(3)42)14-6-13-38-19-27-21-40(22-28(27)20-38)34(43)31-17-26-7-4-5-8-33(26)37-24(31)2/h4-5,7-10,17-18,27-28,30H,6,11-16,19-22H2,1-3H3. The molecule has 4 heterocycles. The SMILES string of the molecule is CC(=O)N1CCC(OC(=O)N(CCCN2CC3CN(C(=O)c4cc5ccccc5nc4C)CC3C2)c2ccc(C)c(Cl)c2)CC1. The summed E-state index contributed by atoms with van der Waals surface area (Å²) in [5.41, 5.74) is 4.05. The lowest BCUT2D eigenvalue weighted by Gasteiger charge is -2.32. The predicted molar refractivity (Wildman–Crippen MR) is 176 cm³/mol. The van der Waals surface area contributed by atoms with Gasteiger partial charge in [0.2, 0.25) is 5.91 Å². The Hall–Kier alpha value is -3.69. The van der Waals surface area contributed by atoms with E-state index >= 15 is 0 Å². The molecule has 238 valence electrons. The fourth-order valence-corrected chi connectivity index (χ4v) is 7.24. The van der Waals surface area contributed by atoms with Crippen LogP contribution in [0.1, 0.15) is 47.8 Å². The molecule has 0 saturated carbocycles. The number of amides is 3. The Morgan fingerprint density at radius 1 is 0.956 bits per heavy atom. The van der Waals surface area contributed by atoms with Crippen molar-refractivity contribution in [1.29, 1.82) is 0 Å². The zero-order valence-electron chi connectivity index (χ0n) is 26.4. The van der Waals surface area contributed by atoms with Crippen LogP contribution in [0.2, 0.25) is 5.02 Å². The Balaban J connectivity index is 1.03. The van der Waals surface area contributed by atoms with Crippen molar-refractivity contribution in [2.24, 2.45) is 11.8 Å². The number of para-hydroxylation sites is 1. The normalized spacial score (nSPS) is 20.4. The van der Waals surface area contributed by atoms with Crippen molar-refractivity contribution in [2.45, 2.75) is 46.1 Å². The number of likely N-dealkylation sites (tertiary alicyclic amines) is 3. The maximum absolute atomic E-state index is 13.5. The lowest BCUT2D eigenvalue weighted by Crippen LogP contribution is -2.43. The second-order valence-corrected chi connectivity index (χ2v) is 13.2. The Bertz CT molecular complexity index is 1580. The number of hydrogen-bond donors (Lipinski definition) is 0. The molecule has 3 fully saturated rings. The van der Waals surface area contributed by atoms with E-state index < -0.39 is 0 Å². The molecule has 2 atom stereocenters. The number of nitrogens with zero attached hydrogens (tertiary/aromatic N) is 5. The highest BCUT2D eigenvalue weighted by atomic mass is 35.5. The van der Waals surface area contributed by atoms with Gasteiger partial charge >= 0.3 is 6.09 Å². The van der Waals surface area contributed by atoms with Gasteiger partial charge in [-0.2, -0.15) is 0 Å². The Labute approximate surface area is 270 Å². The van der Waals surface area contributed by atoms with Gasteiger partial charge in [-0.3, -0.25) is 19.5 Å². The summed E-state index contributed by atoms with van der Waals surface area (Å²) < 4.78 is 5.94. The average Bonchev–Trinajstić information content (AvgIpc) is 3.59. The molecule has 0 N–H and O–H groups in total. The molecule has 0 spiro atoms. The first-order valence-corrected chi connectivity index (χ1v) is 16.4. The highest BCUT2D eigenvalue weighted by molar-refractivity contribution is 6.31. The summed E-state index contributed by atoms with van der Waals surface area (Å²) >= 11 is 6.44. The van der Waals surface area contributed by atoms with Gasteiger partial charge in [0.25, 0.3) is 5.91 Å². The van der Waals surface area contributed by atoms with E-state index in [1.807, 2.05) is 67.3 Å². The average molecular weight is 632 g/mol. The van der Waals surface area contributed by atoms with Crippen LogP contribution in [-0.2, 0) is 9.53 Å². The molecule has 3 aromatic rings. The summed E-state index contributed by atoms with van der Waals surface area (Å²) in [5, 5.41) is 1.60. The molecule has 10 heteroatoms. The van der Waals surface area contributed by atoms with Crippen LogP contribution in [0, 0.1) is 25.7 Å². The first-order valence-electron chi connectivity index (χ1n) is 16.0. The van der Waals surface area contributed by atoms with Gasteiger partial charge < -0.3 is 19.4 Å². The molecule has 3 saturated heterocycles. The van der Waals surface area contributed by atoms with Gasteiger partial charge in [-0.15, -0.1) is 0 Å². The maximum Gasteiger partial charge on any atom is 0.414 e. The summed E-state index contributed by atoms with van der Waals surface area (Å²) in [6.07, 6.45) is 1.48. The molecule has 3 amide bonds. The number of carbonyl (C=O) groups is 3. The molecule has 0 bridgehead atoms. The third kappa shape index (κ3) is 6.94. The van der Waals surface area contributed by atoms with Crippen molar-refractivity contribution in [3.63, 3.8) is 0 Å². The monoisotopic (exact) mass is 631 g/mol. The molecular weight excluding hydrogens is 590 g/mol. The molecule has 3 aliphatic heterocycles. The topological polar surface area (TPSA) is 86.3 Å². The van der Waals surface area contributed by atoms with E-state index in [2.05, 4.69) is 9.88 Å². The zero-order valence-corrected chi connectivity index (χ0v) is 27.1. The molecule has 45 heavy (non-hydrogen) atoms. The molecule has 0 radical (unpaired) electrons. The van der Waals surface area contributed by atoms with Crippen molar-refractivity contribution in [1.82, 2.24) is 19.7 Å². The van der Waals surface area contributed by atoms with Crippen molar-refractivity contribution in [2.75, 3.05) is 57.3 Å². The molecule has 2 unspecified atom stereocenters. The highest BCUT2D eigenvalue weighted by Gasteiger charge is 2.42. The van der Waals surface area contributed by atoms with Crippen molar-refractivity contribution in [3.8, 4) is 0 Å². The number of anilines is 1. The lowest BCUT2D eigenvalue weighted by molar-refractivity contribution is -0.130. The Morgan fingerprint density at radius 3 is 2.36 bits per heavy atom. The van der Waals surface area contributed by atoms with Crippen molar-refractivity contribution >= 4 is 46.1 Å². The molecule has 3 aliphatic rings. The van der Waals surface area contributed by atoms with E-state index in [1.165, 1.54) is 0 Å². The van der Waals surface area contributed by atoms with Crippen molar-refractivity contribution < 1.29 is 19.1 Å². The number of carbonyl (C=O) groups excluding carboxylic acids is 3. The van der Waals surface area contributed by atoms with Gasteiger partial charge in [-0.25, -0.2) is 4.79 Å². The van der Waals surface area contributed by atoms with E-state index in [4.69, 9.17) is 16.3 Å². The van der Waals surface area contributed by atoms with Gasteiger partial charge in [-0.05, 0) is 68.5 Å². The minimum Gasteiger partial charge on any atom is -0.446 e. The fraction of sp³-hybridized carbons (Fsp3) is 0.486. The van der Waals surface area contributed by atoms with E-state index in [0.29, 0.717) is 54.9 Å². The van der Waals surface area contributed by atoms with Crippen LogP contribution >= 0.6 is 11.6 Å². The number of rotatable bonds is 7. The van der Waals surface area contributed by atoms with Gasteiger partial charge in [0, 0.05) is 81.7 Å². The first-order chi connectivity index (χ1) is 21.7. The number of benzene rings is 2. The number of pyridine rings is 1. The lowest BCUT2D eigenvalue weighted by atomic mass is 10.0. The smallest absolute Gasteiger partial charge is 0.414 e. The van der Waals surface area contributed by atoms with Crippen molar-refractivity contribution in [3.05, 3.63) is 70.4 Å². The van der Waals surface area contributed by atoms with Crippen LogP contribution < -0.4 is 4.90 Å². The molecule has 1 aromatic heterocycles. The van der Waals surface area contributed by atoms with Crippen LogP contribution in [0.4, 0.5) is 10.5 Å². The maximum atomic E-state index is 13.5. The number of fused-ring (bicyclic) bond motifs is 2. The minimum atomic E-state index is -0.373. The van der Waals surface area contributed by atoms with Crippen LogP contribution in [0.25, 0.3) is 10.9 Å². The molecular formula is C35H42ClN5O4. The Kier molecular flexibility index (Phi) is 9.28. The molecule has 2 aromatic carbocycles. The van der Waals surface area contributed by atoms with Gasteiger partial charge in [0.05, 0.1) is 16.8 Å². The van der Waals surface area contributed by atoms with E-state index in [9.17, 15) is 14.4 Å². The van der Waals surface area contributed by atoms with Gasteiger partial charge in [-0.1, -0.05) is 35.9 Å². The third-order valence-electron chi connectivity index (χ3n) is 9.69. The van der Waals surface area contributed by atoms with Crippen LogP contribution in [0.15, 0.2) is 48.5 Å². The first kappa shape index (κ1) is 31.3. The number of piperidine rings is 1. The largest absolute Gasteiger partial charge is 0.446 e. The summed E-state index contributed by atoms with van der Waals surface area (Å²) in [4.78, 5) is 51.3. The second kappa shape index (κ2) is 13.3. The fourth-order valence-electron chi connectivity index (χ4n) is 7.06. The minimum absolute atomic E-state index is 0.0541. The van der Waals surface area contributed by atoms with E-state index in [0.717, 1.165) is 67.0 Å². The van der Waals surface area contributed by atoms with Gasteiger partial charge in [0.1, 0.15) is 6.10 Å². The number of aryl methyl sites for hydroxylation is 2. The van der Waals surface area contributed by atoms with E-state index in [1.54, 1.807) is 16.7 Å². The summed E-state index contributed by atoms with van der Waals surface area (Å²) in [5.74, 6) is 1.02. The van der Waals surface area contributed by atoms with Crippen LogP contribution in [0.5, 0.6) is 0 Å². The third-order valence-corrected chi connectivity index (χ3v) is 10.1. The molecule has 6 rings (SSSR count). The van der Waals surface area contributed by atoms with Crippen LogP contribution in [-0.4, -0.2) is 96.1 Å². The highest BCUT2D eigenvalue weighted by Crippen LogP contribution is 2.33.